The second-order valence-electron chi connectivity index (χ2n) is 7.55. The van der Waals surface area contributed by atoms with E-state index in [2.05, 4.69) is 51.0 Å². The van der Waals surface area contributed by atoms with Gasteiger partial charge in [0.15, 0.2) is 0 Å². The summed E-state index contributed by atoms with van der Waals surface area (Å²) in [7, 11) is 0. The van der Waals surface area contributed by atoms with E-state index in [1.54, 1.807) is 4.68 Å². The largest absolute Gasteiger partial charge is 0.370 e. The Morgan fingerprint density at radius 2 is 2.07 bits per heavy atom. The van der Waals surface area contributed by atoms with Crippen LogP contribution in [-0.2, 0) is 17.8 Å². The molecule has 2 N–H and O–H groups in total. The summed E-state index contributed by atoms with van der Waals surface area (Å²) in [6.45, 7) is 4.94. The molecule has 0 aliphatic carbocycles. The van der Waals surface area contributed by atoms with Gasteiger partial charge in [0.1, 0.15) is 6.54 Å². The molecule has 4 rings (SSSR count). The number of anilines is 1. The third-order valence-electron chi connectivity index (χ3n) is 5.59. The number of hydrogen-bond acceptors (Lipinski definition) is 4. The Hall–Kier alpha value is -1.76. The predicted octanol–water partition coefficient (Wildman–Crippen LogP) is 2.76. The van der Waals surface area contributed by atoms with Gasteiger partial charge in [-0.3, -0.25) is 9.48 Å². The molecule has 2 aromatic rings. The van der Waals surface area contributed by atoms with Gasteiger partial charge in [0.05, 0.1) is 5.69 Å². The molecule has 1 unspecified atom stereocenters. The minimum Gasteiger partial charge on any atom is -0.370 e. The van der Waals surface area contributed by atoms with Gasteiger partial charge in [-0.25, -0.2) is 0 Å². The van der Waals surface area contributed by atoms with Gasteiger partial charge in [0.2, 0.25) is 5.91 Å². The molecule has 2 aliphatic heterocycles. The molecule has 0 radical (unpaired) electrons. The summed E-state index contributed by atoms with van der Waals surface area (Å²) in [5.41, 5.74) is 3.83. The molecule has 160 valence electrons. The highest BCUT2D eigenvalue weighted by atomic mass is 35.5. The molecular weight excluding hydrogens is 409 g/mol. The van der Waals surface area contributed by atoms with Crippen LogP contribution in [-0.4, -0.2) is 48.4 Å². The molecule has 0 bridgehead atoms. The molecule has 0 saturated carbocycles. The second-order valence-corrected chi connectivity index (χ2v) is 7.55. The van der Waals surface area contributed by atoms with Gasteiger partial charge >= 0.3 is 0 Å². The van der Waals surface area contributed by atoms with Crippen molar-refractivity contribution in [2.24, 2.45) is 0 Å². The van der Waals surface area contributed by atoms with E-state index in [0.717, 1.165) is 38.3 Å². The molecule has 1 saturated heterocycles. The smallest absolute Gasteiger partial charge is 0.241 e. The van der Waals surface area contributed by atoms with Crippen molar-refractivity contribution in [3.05, 3.63) is 47.8 Å². The Balaban J connectivity index is 0.00000150. The maximum atomic E-state index is 12.3. The number of nitrogens with zero attached hydrogens (tertiary/aromatic N) is 3. The minimum atomic E-state index is 0. The van der Waals surface area contributed by atoms with E-state index in [0.29, 0.717) is 12.5 Å². The molecule has 3 heterocycles. The van der Waals surface area contributed by atoms with Crippen molar-refractivity contribution >= 4 is 36.4 Å². The SMILES string of the molecule is Cl.Cl.O=C(Cn1ccc(C2CCCNC2)n1)NCCN1CCCc2ccccc21. The van der Waals surface area contributed by atoms with E-state index in [1.807, 2.05) is 6.20 Å². The standard InChI is InChI=1S/C21H29N5O.2ClH/c27-21(16-26-13-9-19(24-26)18-6-3-10-22-15-18)23-11-14-25-12-4-7-17-5-1-2-8-20(17)25;;/h1-2,5,8-9,13,18,22H,3-4,6-7,10-12,14-16H2,(H,23,27);2*1H. The van der Waals surface area contributed by atoms with E-state index < -0.39 is 0 Å². The lowest BCUT2D eigenvalue weighted by atomic mass is 9.97. The van der Waals surface area contributed by atoms with Crippen LogP contribution in [0.25, 0.3) is 0 Å². The Morgan fingerprint density at radius 3 is 2.90 bits per heavy atom. The topological polar surface area (TPSA) is 62.2 Å². The number of aryl methyl sites for hydroxylation is 1. The second kappa shape index (κ2) is 11.4. The van der Waals surface area contributed by atoms with Gasteiger partial charge < -0.3 is 15.5 Å². The predicted molar refractivity (Wildman–Crippen MR) is 122 cm³/mol. The maximum absolute atomic E-state index is 12.3. The molecule has 2 aliphatic rings. The molecule has 8 heteroatoms. The lowest BCUT2D eigenvalue weighted by Gasteiger charge is -2.31. The number of aromatic nitrogens is 2. The number of piperidine rings is 1. The first-order chi connectivity index (χ1) is 13.3. The molecular formula is C21H31Cl2N5O. The van der Waals surface area contributed by atoms with Crippen LogP contribution >= 0.6 is 24.8 Å². The highest BCUT2D eigenvalue weighted by Gasteiger charge is 2.18. The van der Waals surface area contributed by atoms with Crippen molar-refractivity contribution in [2.75, 3.05) is 37.6 Å². The Morgan fingerprint density at radius 1 is 1.21 bits per heavy atom. The van der Waals surface area contributed by atoms with Crippen LogP contribution in [0.4, 0.5) is 5.69 Å². The number of halogens is 2. The van der Waals surface area contributed by atoms with Crippen molar-refractivity contribution in [3.63, 3.8) is 0 Å². The van der Waals surface area contributed by atoms with Crippen molar-refractivity contribution in [1.29, 1.82) is 0 Å². The van der Waals surface area contributed by atoms with Crippen LogP contribution in [0.3, 0.4) is 0 Å². The average molecular weight is 440 g/mol. The van der Waals surface area contributed by atoms with Crippen molar-refractivity contribution < 1.29 is 4.79 Å². The Bertz CT molecular complexity index is 776. The zero-order valence-corrected chi connectivity index (χ0v) is 18.3. The fourth-order valence-electron chi connectivity index (χ4n) is 4.16. The van der Waals surface area contributed by atoms with E-state index >= 15 is 0 Å². The third kappa shape index (κ3) is 6.11. The first-order valence-electron chi connectivity index (χ1n) is 10.1. The van der Waals surface area contributed by atoms with Crippen molar-refractivity contribution in [1.82, 2.24) is 20.4 Å². The van der Waals surface area contributed by atoms with Crippen LogP contribution in [0.2, 0.25) is 0 Å². The van der Waals surface area contributed by atoms with E-state index in [4.69, 9.17) is 0 Å². The summed E-state index contributed by atoms with van der Waals surface area (Å²) < 4.78 is 1.76. The van der Waals surface area contributed by atoms with Gasteiger partial charge in [0, 0.05) is 44.0 Å². The molecule has 6 nitrogen and oxygen atoms in total. The first-order valence-corrected chi connectivity index (χ1v) is 10.1. The molecule has 1 aromatic heterocycles. The maximum Gasteiger partial charge on any atom is 0.241 e. The molecule has 1 aromatic carbocycles. The Labute approximate surface area is 185 Å². The zero-order valence-electron chi connectivity index (χ0n) is 16.7. The van der Waals surface area contributed by atoms with Crippen molar-refractivity contribution in [2.45, 2.75) is 38.1 Å². The van der Waals surface area contributed by atoms with Gasteiger partial charge in [-0.05, 0) is 49.9 Å². The fourth-order valence-corrected chi connectivity index (χ4v) is 4.16. The van der Waals surface area contributed by atoms with Gasteiger partial charge in [-0.2, -0.15) is 5.10 Å². The molecule has 1 fully saturated rings. The average Bonchev–Trinajstić information content (AvgIpc) is 3.17. The number of carbonyl (C=O) groups excluding carboxylic acids is 1. The van der Waals surface area contributed by atoms with E-state index in [9.17, 15) is 4.79 Å². The third-order valence-corrected chi connectivity index (χ3v) is 5.59. The molecule has 1 atom stereocenters. The van der Waals surface area contributed by atoms with Crippen LogP contribution < -0.4 is 15.5 Å². The summed E-state index contributed by atoms with van der Waals surface area (Å²) in [6.07, 6.45) is 6.61. The van der Waals surface area contributed by atoms with Crippen molar-refractivity contribution in [3.8, 4) is 0 Å². The molecule has 0 spiro atoms. The summed E-state index contributed by atoms with van der Waals surface area (Å²) >= 11 is 0. The number of hydrogen-bond donors (Lipinski definition) is 2. The molecule has 29 heavy (non-hydrogen) atoms. The van der Waals surface area contributed by atoms with Crippen LogP contribution in [0.15, 0.2) is 36.5 Å². The number of amides is 1. The highest BCUT2D eigenvalue weighted by molar-refractivity contribution is 5.85. The number of para-hydroxylation sites is 1. The quantitative estimate of drug-likeness (QED) is 0.725. The summed E-state index contributed by atoms with van der Waals surface area (Å²) in [6, 6.07) is 10.6. The van der Waals surface area contributed by atoms with E-state index in [-0.39, 0.29) is 37.3 Å². The fraction of sp³-hybridized carbons (Fsp3) is 0.524. The molecule has 1 amide bonds. The summed E-state index contributed by atoms with van der Waals surface area (Å²) in [5, 5.41) is 11.1. The van der Waals surface area contributed by atoms with Gasteiger partial charge in [-0.15, -0.1) is 24.8 Å². The lowest BCUT2D eigenvalue weighted by molar-refractivity contribution is -0.121. The van der Waals surface area contributed by atoms with Crippen LogP contribution in [0.5, 0.6) is 0 Å². The summed E-state index contributed by atoms with van der Waals surface area (Å²) in [4.78, 5) is 14.7. The summed E-state index contributed by atoms with van der Waals surface area (Å²) in [5.74, 6) is 0.499. The van der Waals surface area contributed by atoms with Crippen LogP contribution in [0, 0.1) is 0 Å². The number of carbonyl (C=O) groups is 1. The minimum absolute atomic E-state index is 0. The number of benzene rings is 1. The monoisotopic (exact) mass is 439 g/mol. The lowest BCUT2D eigenvalue weighted by Crippen LogP contribution is -2.38. The van der Waals surface area contributed by atoms with E-state index in [1.165, 1.54) is 30.5 Å². The van der Waals surface area contributed by atoms with Crippen LogP contribution in [0.1, 0.15) is 36.4 Å². The highest BCUT2D eigenvalue weighted by Crippen LogP contribution is 2.26. The first kappa shape index (κ1) is 23.5. The zero-order chi connectivity index (χ0) is 18.5. The number of nitrogens with one attached hydrogen (secondary N) is 2. The number of rotatable bonds is 6. The van der Waals surface area contributed by atoms with Gasteiger partial charge in [0.25, 0.3) is 0 Å². The van der Waals surface area contributed by atoms with Gasteiger partial charge in [-0.1, -0.05) is 18.2 Å². The Kier molecular flexibility index (Phi) is 9.27. The number of fused-ring (bicyclic) bond motifs is 1. The normalized spacial score (nSPS) is 18.2.